The fourth-order valence-electron chi connectivity index (χ4n) is 1.67. The van der Waals surface area contributed by atoms with Gasteiger partial charge in [0.05, 0.1) is 0 Å². The molecule has 7 heteroatoms. The minimum absolute atomic E-state index is 0.0508. The molecular formula is C13H13BrClN3OS. The van der Waals surface area contributed by atoms with Crippen molar-refractivity contribution in [1.82, 2.24) is 5.32 Å². The van der Waals surface area contributed by atoms with Crippen LogP contribution in [0.15, 0.2) is 39.3 Å². The van der Waals surface area contributed by atoms with Gasteiger partial charge in [-0.1, -0.05) is 28.9 Å². The van der Waals surface area contributed by atoms with Crippen molar-refractivity contribution < 1.29 is 5.21 Å². The molecule has 0 radical (unpaired) electrons. The molecule has 1 aromatic carbocycles. The normalized spacial score (nSPS) is 11.8. The zero-order valence-corrected chi connectivity index (χ0v) is 13.6. The average Bonchev–Trinajstić information content (AvgIpc) is 2.85. The zero-order valence-electron chi connectivity index (χ0n) is 10.4. The van der Waals surface area contributed by atoms with Gasteiger partial charge in [-0.2, -0.15) is 0 Å². The molecule has 0 unspecified atom stereocenters. The molecule has 0 atom stereocenters. The molecule has 2 aromatic rings. The van der Waals surface area contributed by atoms with Crippen molar-refractivity contribution in [3.63, 3.8) is 0 Å². The molecule has 1 aromatic heterocycles. The van der Waals surface area contributed by atoms with Crippen LogP contribution in [0, 0.1) is 0 Å². The summed E-state index contributed by atoms with van der Waals surface area (Å²) in [7, 11) is 0. The third-order valence-electron chi connectivity index (χ3n) is 2.69. The Kier molecular flexibility index (Phi) is 5.42. The van der Waals surface area contributed by atoms with Crippen LogP contribution in [0.3, 0.4) is 0 Å². The van der Waals surface area contributed by atoms with E-state index >= 15 is 0 Å². The quantitative estimate of drug-likeness (QED) is 0.324. The lowest BCUT2D eigenvalue weighted by molar-refractivity contribution is 0.318. The molecule has 0 bridgehead atoms. The summed E-state index contributed by atoms with van der Waals surface area (Å²) in [5.74, 6) is 0.0508. The number of nitrogens with zero attached hydrogens (tertiary/aromatic N) is 1. The number of rotatable bonds is 5. The van der Waals surface area contributed by atoms with Crippen LogP contribution < -0.4 is 11.1 Å². The molecule has 0 amide bonds. The highest BCUT2D eigenvalue weighted by Crippen LogP contribution is 2.21. The van der Waals surface area contributed by atoms with E-state index in [4.69, 9.17) is 22.5 Å². The summed E-state index contributed by atoms with van der Waals surface area (Å²) >= 11 is 11.3. The van der Waals surface area contributed by atoms with Gasteiger partial charge in [-0.3, -0.25) is 0 Å². The lowest BCUT2D eigenvalue weighted by atomic mass is 10.1. The predicted molar refractivity (Wildman–Crippen MR) is 86.5 cm³/mol. The molecule has 0 aliphatic carbocycles. The van der Waals surface area contributed by atoms with Gasteiger partial charge >= 0.3 is 0 Å². The fourth-order valence-corrected chi connectivity index (χ4v) is 3.34. The number of amidine groups is 1. The largest absolute Gasteiger partial charge is 0.409 e. The first kappa shape index (κ1) is 15.3. The van der Waals surface area contributed by atoms with Crippen molar-refractivity contribution in [2.24, 2.45) is 10.9 Å². The van der Waals surface area contributed by atoms with E-state index in [2.05, 4.69) is 37.8 Å². The van der Waals surface area contributed by atoms with Gasteiger partial charge < -0.3 is 16.3 Å². The average molecular weight is 375 g/mol. The van der Waals surface area contributed by atoms with Crippen LogP contribution in [0.4, 0.5) is 0 Å². The summed E-state index contributed by atoms with van der Waals surface area (Å²) in [4.78, 5) is 1.25. The first-order chi connectivity index (χ1) is 9.60. The summed E-state index contributed by atoms with van der Waals surface area (Å²) in [5, 5.41) is 17.5. The molecule has 0 spiro atoms. The molecule has 0 saturated heterocycles. The molecule has 0 fully saturated rings. The first-order valence-electron chi connectivity index (χ1n) is 5.80. The summed E-state index contributed by atoms with van der Waals surface area (Å²) in [6, 6.07) is 7.42. The highest BCUT2D eigenvalue weighted by Gasteiger charge is 2.05. The van der Waals surface area contributed by atoms with Crippen LogP contribution in [-0.4, -0.2) is 11.0 Å². The lowest BCUT2D eigenvalue weighted by Gasteiger charge is -2.07. The second-order valence-electron chi connectivity index (χ2n) is 4.13. The predicted octanol–water partition coefficient (Wildman–Crippen LogP) is 3.55. The van der Waals surface area contributed by atoms with E-state index in [0.29, 0.717) is 17.1 Å². The molecule has 2 rings (SSSR count). The number of oxime groups is 1. The summed E-state index contributed by atoms with van der Waals surface area (Å²) in [6.45, 7) is 1.44. The number of thiophene rings is 1. The maximum absolute atomic E-state index is 8.62. The summed E-state index contributed by atoms with van der Waals surface area (Å²) in [5.41, 5.74) is 7.08. The summed E-state index contributed by atoms with van der Waals surface area (Å²) in [6.07, 6.45) is 0. The van der Waals surface area contributed by atoms with Crippen LogP contribution in [0.2, 0.25) is 5.02 Å². The van der Waals surface area contributed by atoms with E-state index in [9.17, 15) is 0 Å². The molecule has 0 aliphatic rings. The van der Waals surface area contributed by atoms with Crippen molar-refractivity contribution in [3.05, 3.63) is 55.1 Å². The van der Waals surface area contributed by atoms with E-state index in [0.717, 1.165) is 16.6 Å². The van der Waals surface area contributed by atoms with Crippen LogP contribution in [-0.2, 0) is 13.1 Å². The van der Waals surface area contributed by atoms with Gasteiger partial charge in [0, 0.05) is 38.4 Å². The molecule has 0 saturated carbocycles. The first-order valence-corrected chi connectivity index (χ1v) is 7.85. The Hall–Kier alpha value is -1.08. The van der Waals surface area contributed by atoms with Gasteiger partial charge in [-0.15, -0.1) is 11.3 Å². The highest BCUT2D eigenvalue weighted by molar-refractivity contribution is 9.10. The number of hydrogen-bond donors (Lipinski definition) is 3. The Morgan fingerprint density at radius 2 is 2.20 bits per heavy atom. The number of nitrogens with two attached hydrogens (primary N) is 1. The van der Waals surface area contributed by atoms with Crippen molar-refractivity contribution in [3.8, 4) is 0 Å². The Labute approximate surface area is 134 Å². The smallest absolute Gasteiger partial charge is 0.170 e. The second-order valence-corrected chi connectivity index (χ2v) is 6.44. The van der Waals surface area contributed by atoms with Gasteiger partial charge in [0.25, 0.3) is 0 Å². The molecule has 4 nitrogen and oxygen atoms in total. The third-order valence-corrected chi connectivity index (χ3v) is 4.74. The number of benzene rings is 1. The van der Waals surface area contributed by atoms with Crippen LogP contribution >= 0.6 is 38.9 Å². The molecule has 1 heterocycles. The van der Waals surface area contributed by atoms with E-state index in [-0.39, 0.29) is 5.84 Å². The highest BCUT2D eigenvalue weighted by atomic mass is 79.9. The van der Waals surface area contributed by atoms with Gasteiger partial charge in [0.15, 0.2) is 5.84 Å². The molecule has 4 N–H and O–H groups in total. The number of halogens is 2. The minimum Gasteiger partial charge on any atom is -0.409 e. The monoisotopic (exact) mass is 373 g/mol. The zero-order chi connectivity index (χ0) is 14.5. The topological polar surface area (TPSA) is 70.6 Å². The van der Waals surface area contributed by atoms with Crippen molar-refractivity contribution >= 4 is 44.7 Å². The van der Waals surface area contributed by atoms with E-state index in [1.807, 2.05) is 6.07 Å². The Morgan fingerprint density at radius 3 is 2.80 bits per heavy atom. The summed E-state index contributed by atoms with van der Waals surface area (Å²) < 4.78 is 1.10. The third kappa shape index (κ3) is 3.96. The van der Waals surface area contributed by atoms with Crippen LogP contribution in [0.5, 0.6) is 0 Å². The molecule has 106 valence electrons. The Morgan fingerprint density at radius 1 is 1.40 bits per heavy atom. The number of nitrogens with one attached hydrogen (secondary N) is 1. The van der Waals surface area contributed by atoms with Crippen molar-refractivity contribution in [2.75, 3.05) is 0 Å². The SMILES string of the molecule is N/C(=N/O)c1ccc(CNCc2cc(Br)cs2)c(Cl)c1. The van der Waals surface area contributed by atoms with E-state index in [1.54, 1.807) is 23.5 Å². The minimum atomic E-state index is 0.0508. The van der Waals surface area contributed by atoms with Crippen molar-refractivity contribution in [2.45, 2.75) is 13.1 Å². The van der Waals surface area contributed by atoms with E-state index < -0.39 is 0 Å². The van der Waals surface area contributed by atoms with Gasteiger partial charge in [-0.05, 0) is 33.6 Å². The lowest BCUT2D eigenvalue weighted by Crippen LogP contribution is -2.15. The maximum atomic E-state index is 8.62. The second kappa shape index (κ2) is 7.08. The van der Waals surface area contributed by atoms with Crippen LogP contribution in [0.1, 0.15) is 16.0 Å². The van der Waals surface area contributed by atoms with Gasteiger partial charge in [0.2, 0.25) is 0 Å². The van der Waals surface area contributed by atoms with Crippen molar-refractivity contribution in [1.29, 1.82) is 0 Å². The maximum Gasteiger partial charge on any atom is 0.170 e. The van der Waals surface area contributed by atoms with Gasteiger partial charge in [0.1, 0.15) is 0 Å². The fraction of sp³-hybridized carbons (Fsp3) is 0.154. The Balaban J connectivity index is 1.96. The Bertz CT molecular complexity index is 630. The molecular weight excluding hydrogens is 362 g/mol. The standard InChI is InChI=1S/C13H13BrClN3OS/c14-10-4-11(20-7-10)6-17-5-9-2-1-8(3-12(9)15)13(16)18-19/h1-4,7,17,19H,5-6H2,(H2,16,18). The van der Waals surface area contributed by atoms with Gasteiger partial charge in [-0.25, -0.2) is 0 Å². The molecule has 20 heavy (non-hydrogen) atoms. The molecule has 0 aliphatic heterocycles. The number of hydrogen-bond acceptors (Lipinski definition) is 4. The van der Waals surface area contributed by atoms with E-state index in [1.165, 1.54) is 4.88 Å². The van der Waals surface area contributed by atoms with Crippen LogP contribution in [0.25, 0.3) is 0 Å².